The highest BCUT2D eigenvalue weighted by Gasteiger charge is 2.16. The van der Waals surface area contributed by atoms with Crippen LogP contribution >= 0.6 is 0 Å². The topological polar surface area (TPSA) is 53.7 Å². The average molecular weight is 217 g/mol. The molecule has 1 aliphatic heterocycles. The molecule has 1 aliphatic rings. The first kappa shape index (κ1) is 12.9. The third-order valence-electron chi connectivity index (χ3n) is 2.74. The lowest BCUT2D eigenvalue weighted by Gasteiger charge is -2.24. The first-order chi connectivity index (χ1) is 7.33. The molecule has 0 spiro atoms. The van der Waals surface area contributed by atoms with E-state index in [0.29, 0.717) is 19.8 Å². The summed E-state index contributed by atoms with van der Waals surface area (Å²) < 4.78 is 15.6. The van der Waals surface area contributed by atoms with Crippen LogP contribution in [-0.2, 0) is 14.2 Å². The van der Waals surface area contributed by atoms with Gasteiger partial charge in [0.05, 0.1) is 19.8 Å². The van der Waals surface area contributed by atoms with E-state index in [1.807, 2.05) is 0 Å². The van der Waals surface area contributed by atoms with Crippen molar-refractivity contribution in [3.63, 3.8) is 0 Å². The minimum absolute atomic E-state index is 0.157. The molecule has 1 atom stereocenters. The number of methoxy groups -OCH3 is 1. The molecule has 0 radical (unpaired) electrons. The molecule has 15 heavy (non-hydrogen) atoms. The molecular weight excluding hydrogens is 194 g/mol. The molecule has 90 valence electrons. The molecular formula is C11H23NO3. The van der Waals surface area contributed by atoms with Crippen LogP contribution in [0.25, 0.3) is 0 Å². The van der Waals surface area contributed by atoms with Crippen LogP contribution in [0.3, 0.4) is 0 Å². The van der Waals surface area contributed by atoms with Gasteiger partial charge in [-0.25, -0.2) is 0 Å². The van der Waals surface area contributed by atoms with Crippen LogP contribution in [0.4, 0.5) is 0 Å². The largest absolute Gasteiger partial charge is 0.382 e. The molecule has 4 heteroatoms. The SMILES string of the molecule is COCCOCC(N)CC1CCOCC1. The average Bonchev–Trinajstić information content (AvgIpc) is 2.26. The lowest BCUT2D eigenvalue weighted by molar-refractivity contribution is 0.0435. The van der Waals surface area contributed by atoms with Gasteiger partial charge in [0.25, 0.3) is 0 Å². The maximum absolute atomic E-state index is 5.98. The minimum Gasteiger partial charge on any atom is -0.382 e. The summed E-state index contributed by atoms with van der Waals surface area (Å²) in [5.74, 6) is 0.722. The zero-order valence-electron chi connectivity index (χ0n) is 9.61. The predicted molar refractivity (Wildman–Crippen MR) is 58.8 cm³/mol. The summed E-state index contributed by atoms with van der Waals surface area (Å²) in [7, 11) is 1.67. The van der Waals surface area contributed by atoms with Gasteiger partial charge in [0, 0.05) is 26.4 Å². The van der Waals surface area contributed by atoms with Gasteiger partial charge in [0.15, 0.2) is 0 Å². The Morgan fingerprint density at radius 1 is 1.33 bits per heavy atom. The Kier molecular flexibility index (Phi) is 6.92. The molecule has 1 rings (SSSR count). The molecule has 0 saturated carbocycles. The molecule has 0 aliphatic carbocycles. The van der Waals surface area contributed by atoms with Crippen molar-refractivity contribution in [3.05, 3.63) is 0 Å². The summed E-state index contributed by atoms with van der Waals surface area (Å²) in [4.78, 5) is 0. The summed E-state index contributed by atoms with van der Waals surface area (Å²) in [5.41, 5.74) is 5.98. The van der Waals surface area contributed by atoms with Crippen molar-refractivity contribution in [2.45, 2.75) is 25.3 Å². The Morgan fingerprint density at radius 3 is 2.73 bits per heavy atom. The fourth-order valence-electron chi connectivity index (χ4n) is 1.86. The summed E-state index contributed by atoms with van der Waals surface area (Å²) in [6.45, 7) is 3.70. The van der Waals surface area contributed by atoms with Gasteiger partial charge >= 0.3 is 0 Å². The van der Waals surface area contributed by atoms with Gasteiger partial charge in [-0.1, -0.05) is 0 Å². The number of nitrogens with two attached hydrogens (primary N) is 1. The third kappa shape index (κ3) is 6.10. The van der Waals surface area contributed by atoms with E-state index in [-0.39, 0.29) is 6.04 Å². The fourth-order valence-corrected chi connectivity index (χ4v) is 1.86. The minimum atomic E-state index is 0.157. The Balaban J connectivity index is 1.98. The van der Waals surface area contributed by atoms with Gasteiger partial charge < -0.3 is 19.9 Å². The molecule has 2 N–H and O–H groups in total. The quantitative estimate of drug-likeness (QED) is 0.641. The molecule has 1 heterocycles. The third-order valence-corrected chi connectivity index (χ3v) is 2.74. The van der Waals surface area contributed by atoms with Crippen molar-refractivity contribution >= 4 is 0 Å². The zero-order chi connectivity index (χ0) is 10.9. The highest BCUT2D eigenvalue weighted by molar-refractivity contribution is 4.70. The van der Waals surface area contributed by atoms with E-state index >= 15 is 0 Å². The van der Waals surface area contributed by atoms with Crippen molar-refractivity contribution in [1.82, 2.24) is 0 Å². The van der Waals surface area contributed by atoms with Crippen LogP contribution in [0.5, 0.6) is 0 Å². The summed E-state index contributed by atoms with van der Waals surface area (Å²) in [6.07, 6.45) is 3.34. The van der Waals surface area contributed by atoms with E-state index in [1.54, 1.807) is 7.11 Å². The number of ether oxygens (including phenoxy) is 3. The number of hydrogen-bond acceptors (Lipinski definition) is 4. The van der Waals surface area contributed by atoms with Crippen molar-refractivity contribution in [1.29, 1.82) is 0 Å². The van der Waals surface area contributed by atoms with E-state index in [4.69, 9.17) is 19.9 Å². The zero-order valence-corrected chi connectivity index (χ0v) is 9.61. The highest BCUT2D eigenvalue weighted by atomic mass is 16.5. The maximum Gasteiger partial charge on any atom is 0.0701 e. The predicted octanol–water partition coefficient (Wildman–Crippen LogP) is 0.793. The second-order valence-electron chi connectivity index (χ2n) is 4.12. The first-order valence-electron chi connectivity index (χ1n) is 5.73. The van der Waals surface area contributed by atoms with Gasteiger partial charge in [-0.15, -0.1) is 0 Å². The van der Waals surface area contributed by atoms with Gasteiger partial charge in [-0.3, -0.25) is 0 Å². The van der Waals surface area contributed by atoms with Crippen LogP contribution in [-0.4, -0.2) is 46.2 Å². The monoisotopic (exact) mass is 217 g/mol. The Labute approximate surface area is 92.1 Å². The van der Waals surface area contributed by atoms with Gasteiger partial charge in [-0.2, -0.15) is 0 Å². The molecule has 4 nitrogen and oxygen atoms in total. The molecule has 1 fully saturated rings. The van der Waals surface area contributed by atoms with Crippen LogP contribution in [0.15, 0.2) is 0 Å². The molecule has 1 saturated heterocycles. The van der Waals surface area contributed by atoms with Crippen molar-refractivity contribution in [3.8, 4) is 0 Å². The molecule has 0 bridgehead atoms. The summed E-state index contributed by atoms with van der Waals surface area (Å²) in [6, 6.07) is 0.157. The molecule has 0 aromatic carbocycles. The van der Waals surface area contributed by atoms with E-state index in [2.05, 4.69) is 0 Å². The van der Waals surface area contributed by atoms with Crippen LogP contribution in [0.2, 0.25) is 0 Å². The Morgan fingerprint density at radius 2 is 2.07 bits per heavy atom. The van der Waals surface area contributed by atoms with Gasteiger partial charge in [0.2, 0.25) is 0 Å². The Hall–Kier alpha value is -0.160. The normalized spacial score (nSPS) is 20.4. The van der Waals surface area contributed by atoms with E-state index in [0.717, 1.165) is 38.4 Å². The molecule has 0 aromatic rings. The van der Waals surface area contributed by atoms with Crippen molar-refractivity contribution in [2.24, 2.45) is 11.7 Å². The van der Waals surface area contributed by atoms with Crippen molar-refractivity contribution in [2.75, 3.05) is 40.1 Å². The lowest BCUT2D eigenvalue weighted by Crippen LogP contribution is -2.31. The van der Waals surface area contributed by atoms with Gasteiger partial charge in [0.1, 0.15) is 0 Å². The number of rotatable bonds is 7. The number of hydrogen-bond donors (Lipinski definition) is 1. The van der Waals surface area contributed by atoms with E-state index in [1.165, 1.54) is 0 Å². The maximum atomic E-state index is 5.98. The fraction of sp³-hybridized carbons (Fsp3) is 1.00. The van der Waals surface area contributed by atoms with Crippen LogP contribution in [0, 0.1) is 5.92 Å². The first-order valence-corrected chi connectivity index (χ1v) is 5.73. The smallest absolute Gasteiger partial charge is 0.0701 e. The second kappa shape index (κ2) is 8.05. The molecule has 1 unspecified atom stereocenters. The summed E-state index contributed by atoms with van der Waals surface area (Å²) >= 11 is 0. The van der Waals surface area contributed by atoms with Crippen LogP contribution in [0.1, 0.15) is 19.3 Å². The van der Waals surface area contributed by atoms with E-state index in [9.17, 15) is 0 Å². The molecule has 0 amide bonds. The second-order valence-corrected chi connectivity index (χ2v) is 4.12. The van der Waals surface area contributed by atoms with Crippen molar-refractivity contribution < 1.29 is 14.2 Å². The van der Waals surface area contributed by atoms with E-state index < -0.39 is 0 Å². The molecule has 0 aromatic heterocycles. The lowest BCUT2D eigenvalue weighted by atomic mass is 9.93. The Bertz CT molecular complexity index is 149. The van der Waals surface area contributed by atoms with Gasteiger partial charge in [-0.05, 0) is 25.2 Å². The standard InChI is InChI=1S/C11H23NO3/c1-13-6-7-15-9-11(12)8-10-2-4-14-5-3-10/h10-11H,2-9,12H2,1H3. The van der Waals surface area contributed by atoms with Crippen LogP contribution < -0.4 is 5.73 Å². The summed E-state index contributed by atoms with van der Waals surface area (Å²) in [5, 5.41) is 0. The highest BCUT2D eigenvalue weighted by Crippen LogP contribution is 2.19.